The number of hydrogen-bond donors (Lipinski definition) is 1. The molecule has 2 aliphatic heterocycles. The molecule has 0 saturated carbocycles. The fraction of sp³-hybridized carbons (Fsp3) is 0.500. The van der Waals surface area contributed by atoms with E-state index in [1.54, 1.807) is 0 Å². The van der Waals surface area contributed by atoms with Gasteiger partial charge in [0.05, 0.1) is 12.2 Å². The standard InChI is InChI=1S/C8H11N2/c1-2-7-3-5-9-6-8(7)10-4-1/h3,5,9H,1-2,4,6H2. The zero-order valence-electron chi connectivity index (χ0n) is 5.93. The van der Waals surface area contributed by atoms with Gasteiger partial charge in [0, 0.05) is 6.54 Å². The highest BCUT2D eigenvalue weighted by Crippen LogP contribution is 2.18. The van der Waals surface area contributed by atoms with Crippen LogP contribution in [0.15, 0.2) is 23.5 Å². The summed E-state index contributed by atoms with van der Waals surface area (Å²) >= 11 is 0. The van der Waals surface area contributed by atoms with Gasteiger partial charge in [0.2, 0.25) is 0 Å². The molecule has 1 radical (unpaired) electrons. The quantitative estimate of drug-likeness (QED) is 0.521. The minimum Gasteiger partial charge on any atom is -0.385 e. The molecule has 0 spiro atoms. The molecule has 2 aliphatic rings. The highest BCUT2D eigenvalue weighted by atomic mass is 15.0. The molecule has 0 aliphatic carbocycles. The first kappa shape index (κ1) is 5.83. The first-order chi connectivity index (χ1) is 4.97. The van der Waals surface area contributed by atoms with E-state index in [0.717, 1.165) is 13.1 Å². The van der Waals surface area contributed by atoms with E-state index in [-0.39, 0.29) is 0 Å². The fourth-order valence-corrected chi connectivity index (χ4v) is 1.39. The van der Waals surface area contributed by atoms with Crippen LogP contribution in [0.1, 0.15) is 12.8 Å². The number of nitrogens with zero attached hydrogens (tertiary/aromatic N) is 1. The van der Waals surface area contributed by atoms with Crippen LogP contribution in [-0.2, 0) is 0 Å². The summed E-state index contributed by atoms with van der Waals surface area (Å²) in [5.41, 5.74) is 2.71. The van der Waals surface area contributed by atoms with Crippen LogP contribution >= 0.6 is 0 Å². The summed E-state index contributed by atoms with van der Waals surface area (Å²) < 4.78 is 0. The maximum absolute atomic E-state index is 4.42. The molecule has 0 aromatic carbocycles. The van der Waals surface area contributed by atoms with Crippen LogP contribution in [0.2, 0.25) is 0 Å². The summed E-state index contributed by atoms with van der Waals surface area (Å²) in [4.78, 5) is 0. The van der Waals surface area contributed by atoms with Crippen molar-refractivity contribution in [1.82, 2.24) is 10.6 Å². The second-order valence-corrected chi connectivity index (χ2v) is 2.67. The lowest BCUT2D eigenvalue weighted by Gasteiger charge is -2.21. The van der Waals surface area contributed by atoms with Crippen LogP contribution < -0.4 is 10.6 Å². The molecule has 2 nitrogen and oxygen atoms in total. The molecule has 2 rings (SSSR count). The van der Waals surface area contributed by atoms with Gasteiger partial charge >= 0.3 is 0 Å². The van der Waals surface area contributed by atoms with Gasteiger partial charge in [-0.15, -0.1) is 0 Å². The Morgan fingerprint density at radius 3 is 3.40 bits per heavy atom. The molecule has 10 heavy (non-hydrogen) atoms. The van der Waals surface area contributed by atoms with Crippen LogP contribution in [0.5, 0.6) is 0 Å². The van der Waals surface area contributed by atoms with Gasteiger partial charge in [-0.05, 0) is 30.7 Å². The Morgan fingerprint density at radius 2 is 2.50 bits per heavy atom. The van der Waals surface area contributed by atoms with Crippen molar-refractivity contribution in [2.45, 2.75) is 12.8 Å². The van der Waals surface area contributed by atoms with Crippen molar-refractivity contribution in [3.8, 4) is 0 Å². The summed E-state index contributed by atoms with van der Waals surface area (Å²) in [6.07, 6.45) is 6.60. The molecule has 0 saturated heterocycles. The normalized spacial score (nSPS) is 23.2. The van der Waals surface area contributed by atoms with Gasteiger partial charge in [0.15, 0.2) is 0 Å². The SMILES string of the molecule is C1=CC2=C(CN1)[N]CCC2. The highest BCUT2D eigenvalue weighted by molar-refractivity contribution is 5.30. The predicted octanol–water partition coefficient (Wildman–Crippen LogP) is 0.756. The Bertz CT molecular complexity index is 191. The van der Waals surface area contributed by atoms with Gasteiger partial charge in [-0.1, -0.05) is 0 Å². The number of allylic oxidation sites excluding steroid dienone is 2. The first-order valence-corrected chi connectivity index (χ1v) is 3.76. The first-order valence-electron chi connectivity index (χ1n) is 3.76. The van der Waals surface area contributed by atoms with Crippen molar-refractivity contribution in [1.29, 1.82) is 0 Å². The van der Waals surface area contributed by atoms with Crippen LogP contribution in [0.3, 0.4) is 0 Å². The van der Waals surface area contributed by atoms with Crippen molar-refractivity contribution < 1.29 is 0 Å². The van der Waals surface area contributed by atoms with Gasteiger partial charge in [0.25, 0.3) is 0 Å². The number of rotatable bonds is 0. The maximum atomic E-state index is 4.42. The van der Waals surface area contributed by atoms with Crippen LogP contribution in [-0.4, -0.2) is 13.1 Å². The second kappa shape index (κ2) is 2.37. The lowest BCUT2D eigenvalue weighted by molar-refractivity contribution is 0.627. The second-order valence-electron chi connectivity index (χ2n) is 2.67. The molecule has 0 unspecified atom stereocenters. The highest BCUT2D eigenvalue weighted by Gasteiger charge is 2.12. The summed E-state index contributed by atoms with van der Waals surface area (Å²) in [5.74, 6) is 0. The minimum atomic E-state index is 0.936. The van der Waals surface area contributed by atoms with Crippen LogP contribution in [0, 0.1) is 0 Å². The van der Waals surface area contributed by atoms with E-state index in [9.17, 15) is 0 Å². The lowest BCUT2D eigenvalue weighted by atomic mass is 10.0. The smallest absolute Gasteiger partial charge is 0.0571 e. The fourth-order valence-electron chi connectivity index (χ4n) is 1.39. The predicted molar refractivity (Wildman–Crippen MR) is 40.4 cm³/mol. The monoisotopic (exact) mass is 135 g/mol. The van der Waals surface area contributed by atoms with E-state index in [1.165, 1.54) is 24.1 Å². The summed E-state index contributed by atoms with van der Waals surface area (Å²) in [5, 5.41) is 7.57. The Morgan fingerprint density at radius 1 is 1.50 bits per heavy atom. The molecule has 2 heteroatoms. The van der Waals surface area contributed by atoms with Gasteiger partial charge in [-0.2, -0.15) is 0 Å². The van der Waals surface area contributed by atoms with E-state index >= 15 is 0 Å². The summed E-state index contributed by atoms with van der Waals surface area (Å²) in [7, 11) is 0. The van der Waals surface area contributed by atoms with E-state index < -0.39 is 0 Å². The molecular formula is C8H11N2. The summed E-state index contributed by atoms with van der Waals surface area (Å²) in [6.45, 7) is 1.96. The third-order valence-corrected chi connectivity index (χ3v) is 1.95. The maximum Gasteiger partial charge on any atom is 0.0571 e. The number of hydrogen-bond acceptors (Lipinski definition) is 1. The average molecular weight is 135 g/mol. The van der Waals surface area contributed by atoms with E-state index in [4.69, 9.17) is 0 Å². The zero-order valence-corrected chi connectivity index (χ0v) is 5.93. The third kappa shape index (κ3) is 0.897. The van der Waals surface area contributed by atoms with Crippen molar-refractivity contribution in [3.05, 3.63) is 23.5 Å². The molecule has 0 bridgehead atoms. The molecule has 0 fully saturated rings. The van der Waals surface area contributed by atoms with Gasteiger partial charge in [-0.25, -0.2) is 0 Å². The van der Waals surface area contributed by atoms with Crippen molar-refractivity contribution in [2.24, 2.45) is 0 Å². The van der Waals surface area contributed by atoms with Crippen LogP contribution in [0.25, 0.3) is 0 Å². The number of dihydropyridines is 1. The van der Waals surface area contributed by atoms with E-state index in [1.807, 2.05) is 6.20 Å². The molecule has 0 aromatic rings. The lowest BCUT2D eigenvalue weighted by Crippen LogP contribution is -2.25. The Hall–Kier alpha value is -0.920. The third-order valence-electron chi connectivity index (χ3n) is 1.95. The Kier molecular flexibility index (Phi) is 1.38. The number of nitrogens with one attached hydrogen (secondary N) is 1. The zero-order chi connectivity index (χ0) is 6.81. The Labute approximate surface area is 61.0 Å². The topological polar surface area (TPSA) is 26.1 Å². The molecule has 53 valence electrons. The van der Waals surface area contributed by atoms with Crippen LogP contribution in [0.4, 0.5) is 0 Å². The molecule has 0 amide bonds. The van der Waals surface area contributed by atoms with E-state index in [2.05, 4.69) is 16.7 Å². The van der Waals surface area contributed by atoms with Gasteiger partial charge in [-0.3, -0.25) is 5.32 Å². The van der Waals surface area contributed by atoms with E-state index in [0.29, 0.717) is 0 Å². The Balaban J connectivity index is 2.23. The molecule has 2 heterocycles. The molecule has 1 N–H and O–H groups in total. The minimum absolute atomic E-state index is 0.936. The van der Waals surface area contributed by atoms with Gasteiger partial charge in [0.1, 0.15) is 0 Å². The molecule has 0 atom stereocenters. The average Bonchev–Trinajstić information content (AvgIpc) is 2.05. The van der Waals surface area contributed by atoms with Crippen molar-refractivity contribution in [2.75, 3.05) is 13.1 Å². The van der Waals surface area contributed by atoms with Crippen molar-refractivity contribution >= 4 is 0 Å². The molecular weight excluding hydrogens is 124 g/mol. The summed E-state index contributed by atoms with van der Waals surface area (Å²) in [6, 6.07) is 0. The molecule has 0 aromatic heterocycles. The van der Waals surface area contributed by atoms with Crippen molar-refractivity contribution in [3.63, 3.8) is 0 Å². The largest absolute Gasteiger partial charge is 0.385 e. The van der Waals surface area contributed by atoms with Gasteiger partial charge < -0.3 is 5.32 Å².